The molecule has 0 bridgehead atoms. The van der Waals surface area contributed by atoms with Crippen molar-refractivity contribution in [2.45, 2.75) is 19.3 Å². The van der Waals surface area contributed by atoms with Gasteiger partial charge in [-0.15, -0.1) is 0 Å². The van der Waals surface area contributed by atoms with E-state index < -0.39 is 5.97 Å². The summed E-state index contributed by atoms with van der Waals surface area (Å²) in [7, 11) is 4.68. The monoisotopic (exact) mass is 355 g/mol. The Morgan fingerprint density at radius 2 is 1.73 bits per heavy atom. The van der Waals surface area contributed by atoms with E-state index in [9.17, 15) is 4.79 Å². The van der Waals surface area contributed by atoms with E-state index in [2.05, 4.69) is 5.16 Å². The van der Waals surface area contributed by atoms with Gasteiger partial charge in [0.1, 0.15) is 5.75 Å². The first-order chi connectivity index (χ1) is 12.7. The average Bonchev–Trinajstić information content (AvgIpc) is 2.70. The van der Waals surface area contributed by atoms with Crippen LogP contribution in [0.15, 0.2) is 41.6 Å². The number of ether oxygens (including phenoxy) is 3. The molecule has 3 rings (SSSR count). The molecule has 6 nitrogen and oxygen atoms in total. The fraction of sp³-hybridized carbons (Fsp3) is 0.300. The molecule has 0 saturated heterocycles. The van der Waals surface area contributed by atoms with E-state index in [1.165, 1.54) is 19.8 Å². The lowest BCUT2D eigenvalue weighted by molar-refractivity contribution is 0.0515. The van der Waals surface area contributed by atoms with Crippen LogP contribution in [0.25, 0.3) is 0 Å². The van der Waals surface area contributed by atoms with Crippen molar-refractivity contribution in [2.75, 3.05) is 21.3 Å². The van der Waals surface area contributed by atoms with Gasteiger partial charge in [0.2, 0.25) is 0 Å². The van der Waals surface area contributed by atoms with Crippen molar-refractivity contribution in [3.05, 3.63) is 53.1 Å². The molecule has 0 N–H and O–H groups in total. The number of methoxy groups -OCH3 is 3. The number of nitrogens with zero attached hydrogens (tertiary/aromatic N) is 1. The van der Waals surface area contributed by atoms with Crippen LogP contribution in [-0.2, 0) is 11.3 Å². The summed E-state index contributed by atoms with van der Waals surface area (Å²) >= 11 is 0. The Bertz CT molecular complexity index is 844. The van der Waals surface area contributed by atoms with E-state index >= 15 is 0 Å². The van der Waals surface area contributed by atoms with Crippen LogP contribution in [0.2, 0.25) is 0 Å². The molecule has 2 aromatic carbocycles. The third kappa shape index (κ3) is 3.64. The molecular formula is C20H21NO5. The Balaban J connectivity index is 1.81. The predicted octanol–water partition coefficient (Wildman–Crippen LogP) is 3.61. The predicted molar refractivity (Wildman–Crippen MR) is 97.4 cm³/mol. The van der Waals surface area contributed by atoms with Crippen molar-refractivity contribution in [1.29, 1.82) is 0 Å². The molecular weight excluding hydrogens is 334 g/mol. The fourth-order valence-corrected chi connectivity index (χ4v) is 2.96. The zero-order chi connectivity index (χ0) is 18.5. The van der Waals surface area contributed by atoms with Gasteiger partial charge >= 0.3 is 5.97 Å². The summed E-state index contributed by atoms with van der Waals surface area (Å²) in [5, 5.41) is 4.11. The van der Waals surface area contributed by atoms with Gasteiger partial charge in [-0.1, -0.05) is 11.2 Å². The van der Waals surface area contributed by atoms with E-state index in [4.69, 9.17) is 19.0 Å². The zero-order valence-electron chi connectivity index (χ0n) is 15.1. The number of benzene rings is 2. The maximum Gasteiger partial charge on any atom is 0.365 e. The molecule has 0 amide bonds. The van der Waals surface area contributed by atoms with Crippen molar-refractivity contribution in [2.24, 2.45) is 5.16 Å². The minimum Gasteiger partial charge on any atom is -0.497 e. The standard InChI is InChI=1S/C20H21NO5/c1-23-15-9-7-13-5-4-6-17(16(13)12-15)21-26-20(22)14-8-10-18(24-2)19(11-14)25-3/h7-12H,4-6H2,1-3H3. The Morgan fingerprint density at radius 1 is 0.923 bits per heavy atom. The Kier molecular flexibility index (Phi) is 5.41. The van der Waals surface area contributed by atoms with E-state index in [0.29, 0.717) is 17.1 Å². The summed E-state index contributed by atoms with van der Waals surface area (Å²) in [6.07, 6.45) is 2.69. The highest BCUT2D eigenvalue weighted by molar-refractivity contribution is 6.03. The average molecular weight is 355 g/mol. The second-order valence-electron chi connectivity index (χ2n) is 5.86. The quantitative estimate of drug-likeness (QED) is 0.605. The zero-order valence-corrected chi connectivity index (χ0v) is 15.1. The molecule has 0 radical (unpaired) electrons. The van der Waals surface area contributed by atoms with Crippen LogP contribution in [-0.4, -0.2) is 33.0 Å². The number of aryl methyl sites for hydroxylation is 1. The third-order valence-corrected chi connectivity index (χ3v) is 4.35. The van der Waals surface area contributed by atoms with Gasteiger partial charge in [0.05, 0.1) is 32.6 Å². The first kappa shape index (κ1) is 17.8. The summed E-state index contributed by atoms with van der Waals surface area (Å²) in [6, 6.07) is 10.7. The van der Waals surface area contributed by atoms with Crippen molar-refractivity contribution >= 4 is 11.7 Å². The van der Waals surface area contributed by atoms with Gasteiger partial charge < -0.3 is 19.0 Å². The van der Waals surface area contributed by atoms with Crippen molar-refractivity contribution < 1.29 is 23.8 Å². The lowest BCUT2D eigenvalue weighted by atomic mass is 9.90. The Morgan fingerprint density at radius 3 is 2.46 bits per heavy atom. The van der Waals surface area contributed by atoms with Crippen molar-refractivity contribution in [3.63, 3.8) is 0 Å². The van der Waals surface area contributed by atoms with Gasteiger partial charge in [0.25, 0.3) is 0 Å². The molecule has 0 heterocycles. The highest BCUT2D eigenvalue weighted by atomic mass is 16.7. The summed E-state index contributed by atoms with van der Waals surface area (Å²) in [6.45, 7) is 0. The van der Waals surface area contributed by atoms with E-state index in [1.54, 1.807) is 25.3 Å². The van der Waals surface area contributed by atoms with Crippen molar-refractivity contribution in [1.82, 2.24) is 0 Å². The van der Waals surface area contributed by atoms with Gasteiger partial charge in [0, 0.05) is 5.56 Å². The van der Waals surface area contributed by atoms with E-state index in [0.717, 1.165) is 36.3 Å². The molecule has 0 atom stereocenters. The molecule has 1 aliphatic carbocycles. The molecule has 0 spiro atoms. The summed E-state index contributed by atoms with van der Waals surface area (Å²) < 4.78 is 15.7. The molecule has 0 unspecified atom stereocenters. The molecule has 0 aromatic heterocycles. The minimum atomic E-state index is -0.548. The van der Waals surface area contributed by atoms with Gasteiger partial charge in [-0.05, 0) is 55.2 Å². The van der Waals surface area contributed by atoms with Crippen LogP contribution in [0.4, 0.5) is 0 Å². The number of fused-ring (bicyclic) bond motifs is 1. The van der Waals surface area contributed by atoms with Crippen LogP contribution in [0, 0.1) is 0 Å². The van der Waals surface area contributed by atoms with Crippen LogP contribution >= 0.6 is 0 Å². The fourth-order valence-electron chi connectivity index (χ4n) is 2.96. The van der Waals surface area contributed by atoms with Crippen molar-refractivity contribution in [3.8, 4) is 17.2 Å². The molecule has 0 saturated carbocycles. The number of hydrogen-bond acceptors (Lipinski definition) is 6. The minimum absolute atomic E-state index is 0.341. The van der Waals surface area contributed by atoms with Crippen LogP contribution in [0.3, 0.4) is 0 Å². The highest BCUT2D eigenvalue weighted by Gasteiger charge is 2.18. The number of oxime groups is 1. The van der Waals surface area contributed by atoms with Gasteiger partial charge in [-0.25, -0.2) is 4.79 Å². The number of carbonyl (C=O) groups is 1. The topological polar surface area (TPSA) is 66.4 Å². The molecule has 1 aliphatic rings. The van der Waals surface area contributed by atoms with Crippen LogP contribution < -0.4 is 14.2 Å². The molecule has 0 aliphatic heterocycles. The van der Waals surface area contributed by atoms with Crippen LogP contribution in [0.5, 0.6) is 17.2 Å². The maximum absolute atomic E-state index is 12.3. The number of rotatable bonds is 5. The second kappa shape index (κ2) is 7.91. The number of hydrogen-bond donors (Lipinski definition) is 0. The molecule has 136 valence electrons. The first-order valence-corrected chi connectivity index (χ1v) is 8.33. The molecule has 2 aromatic rings. The Hall–Kier alpha value is -3.02. The largest absolute Gasteiger partial charge is 0.497 e. The maximum atomic E-state index is 12.3. The second-order valence-corrected chi connectivity index (χ2v) is 5.86. The van der Waals surface area contributed by atoms with E-state index in [1.807, 2.05) is 18.2 Å². The van der Waals surface area contributed by atoms with E-state index in [-0.39, 0.29) is 0 Å². The third-order valence-electron chi connectivity index (χ3n) is 4.35. The Labute approximate surface area is 152 Å². The molecule has 0 fully saturated rings. The van der Waals surface area contributed by atoms with Crippen LogP contribution in [0.1, 0.15) is 34.3 Å². The first-order valence-electron chi connectivity index (χ1n) is 8.33. The highest BCUT2D eigenvalue weighted by Crippen LogP contribution is 2.28. The summed E-state index contributed by atoms with van der Waals surface area (Å²) in [5.74, 6) is 1.21. The van der Waals surface area contributed by atoms with Gasteiger partial charge in [-0.3, -0.25) is 0 Å². The molecule has 26 heavy (non-hydrogen) atoms. The summed E-state index contributed by atoms with van der Waals surface area (Å²) in [4.78, 5) is 17.5. The number of carbonyl (C=O) groups excluding carboxylic acids is 1. The smallest absolute Gasteiger partial charge is 0.365 e. The summed E-state index contributed by atoms with van der Waals surface area (Å²) in [5.41, 5.74) is 3.24. The lowest BCUT2D eigenvalue weighted by Gasteiger charge is -2.18. The SMILES string of the molecule is COc1ccc2c(c1)C(=NOC(=O)c1ccc(OC)c(OC)c1)CCC2. The normalized spacial score (nSPS) is 14.5. The molecule has 6 heteroatoms. The van der Waals surface area contributed by atoms with Gasteiger partial charge in [-0.2, -0.15) is 0 Å². The lowest BCUT2D eigenvalue weighted by Crippen LogP contribution is -2.14. The van der Waals surface area contributed by atoms with Gasteiger partial charge in [0.15, 0.2) is 11.5 Å².